The second-order valence-electron chi connectivity index (χ2n) is 7.99. The number of anilines is 1. The summed E-state index contributed by atoms with van der Waals surface area (Å²) in [7, 11) is 0. The van der Waals surface area contributed by atoms with Gasteiger partial charge in [0.05, 0.1) is 6.04 Å². The Morgan fingerprint density at radius 3 is 2.83 bits per heavy atom. The van der Waals surface area contributed by atoms with E-state index in [0.717, 1.165) is 31.4 Å². The van der Waals surface area contributed by atoms with E-state index >= 15 is 0 Å². The molecule has 3 heterocycles. The molecule has 3 atom stereocenters. The molecule has 0 bridgehead atoms. The Morgan fingerprint density at radius 2 is 2.07 bits per heavy atom. The maximum absolute atomic E-state index is 13.2. The van der Waals surface area contributed by atoms with Gasteiger partial charge in [-0.1, -0.05) is 12.1 Å². The van der Waals surface area contributed by atoms with E-state index in [-0.39, 0.29) is 23.8 Å². The van der Waals surface area contributed by atoms with Crippen molar-refractivity contribution in [1.29, 1.82) is 0 Å². The lowest BCUT2D eigenvalue weighted by Crippen LogP contribution is -2.55. The summed E-state index contributed by atoms with van der Waals surface area (Å²) in [5.74, 6) is 0.505. The first-order valence-electron chi connectivity index (χ1n) is 10.4. The molecule has 0 spiro atoms. The molecule has 160 valence electrons. The van der Waals surface area contributed by atoms with Crippen molar-refractivity contribution in [2.45, 2.75) is 37.8 Å². The monoisotopic (exact) mass is 414 g/mol. The highest BCUT2D eigenvalue weighted by molar-refractivity contribution is 5.89. The van der Waals surface area contributed by atoms with Crippen LogP contribution in [0.15, 0.2) is 36.7 Å². The predicted octanol–water partition coefficient (Wildman–Crippen LogP) is 1.88. The quantitative estimate of drug-likeness (QED) is 0.600. The number of aromatic nitrogens is 2. The van der Waals surface area contributed by atoms with Gasteiger partial charge in [-0.15, -0.1) is 0 Å². The van der Waals surface area contributed by atoms with Crippen LogP contribution in [-0.4, -0.2) is 58.5 Å². The van der Waals surface area contributed by atoms with Gasteiger partial charge in [-0.05, 0) is 55.8 Å². The van der Waals surface area contributed by atoms with Crippen LogP contribution in [0.5, 0.6) is 0 Å². The standard InChI is InChI=1S/C21H27FN6O2/c22-16-5-3-14(4-6-16)12-15-2-1-11-28(13-15)19(29)18-17(7-8-23-18)26-21(30)27-20-24-9-10-25-20/h3-6,9-10,15,17-18,23H,1-2,7-8,11-13H2,(H3,24,25,26,27,30). The maximum atomic E-state index is 13.2. The van der Waals surface area contributed by atoms with Gasteiger partial charge >= 0.3 is 6.03 Å². The number of nitrogens with one attached hydrogen (secondary N) is 4. The van der Waals surface area contributed by atoms with Crippen molar-refractivity contribution in [3.05, 3.63) is 48.0 Å². The zero-order valence-corrected chi connectivity index (χ0v) is 16.7. The number of halogens is 1. The smallest absolute Gasteiger partial charge is 0.321 e. The van der Waals surface area contributed by atoms with Crippen molar-refractivity contribution in [3.63, 3.8) is 0 Å². The summed E-state index contributed by atoms with van der Waals surface area (Å²) in [4.78, 5) is 34.1. The fourth-order valence-electron chi connectivity index (χ4n) is 4.35. The molecule has 4 rings (SSSR count). The number of carbonyl (C=O) groups is 2. The van der Waals surface area contributed by atoms with Gasteiger partial charge in [0.2, 0.25) is 11.9 Å². The minimum atomic E-state index is -0.433. The van der Waals surface area contributed by atoms with Crippen LogP contribution in [0.1, 0.15) is 24.8 Å². The minimum Gasteiger partial charge on any atom is -0.341 e. The molecule has 3 amide bonds. The van der Waals surface area contributed by atoms with Gasteiger partial charge < -0.3 is 20.5 Å². The molecule has 2 fully saturated rings. The topological polar surface area (TPSA) is 102 Å². The number of likely N-dealkylation sites (tertiary alicyclic amines) is 1. The average molecular weight is 414 g/mol. The van der Waals surface area contributed by atoms with Crippen molar-refractivity contribution in [2.75, 3.05) is 25.0 Å². The Hall–Kier alpha value is -2.94. The van der Waals surface area contributed by atoms with Gasteiger partial charge in [0.15, 0.2) is 0 Å². The lowest BCUT2D eigenvalue weighted by molar-refractivity contribution is -0.135. The summed E-state index contributed by atoms with van der Waals surface area (Å²) in [6.07, 6.45) is 6.69. The van der Waals surface area contributed by atoms with Crippen LogP contribution in [-0.2, 0) is 11.2 Å². The number of rotatable bonds is 5. The second kappa shape index (κ2) is 9.25. The molecule has 1 aromatic heterocycles. The number of carbonyl (C=O) groups excluding carboxylic acids is 2. The number of nitrogens with zero attached hydrogens (tertiary/aromatic N) is 2. The number of amides is 3. The van der Waals surface area contributed by atoms with Gasteiger partial charge in [0.1, 0.15) is 11.9 Å². The van der Waals surface area contributed by atoms with Crippen LogP contribution in [0.4, 0.5) is 15.1 Å². The van der Waals surface area contributed by atoms with Crippen molar-refractivity contribution < 1.29 is 14.0 Å². The summed E-state index contributed by atoms with van der Waals surface area (Å²) >= 11 is 0. The third-order valence-electron chi connectivity index (χ3n) is 5.80. The Bertz CT molecular complexity index is 857. The van der Waals surface area contributed by atoms with Crippen molar-refractivity contribution in [3.8, 4) is 0 Å². The van der Waals surface area contributed by atoms with E-state index in [2.05, 4.69) is 25.9 Å². The summed E-state index contributed by atoms with van der Waals surface area (Å²) in [5.41, 5.74) is 1.09. The van der Waals surface area contributed by atoms with Gasteiger partial charge in [-0.25, -0.2) is 14.2 Å². The number of aromatic amines is 1. The van der Waals surface area contributed by atoms with E-state index in [1.165, 1.54) is 12.1 Å². The molecule has 9 heteroatoms. The first-order valence-corrected chi connectivity index (χ1v) is 10.4. The van der Waals surface area contributed by atoms with Gasteiger partial charge in [-0.2, -0.15) is 0 Å². The molecule has 0 radical (unpaired) electrons. The Labute approximate surface area is 174 Å². The number of hydrogen-bond donors (Lipinski definition) is 4. The van der Waals surface area contributed by atoms with Crippen molar-refractivity contribution in [2.24, 2.45) is 5.92 Å². The Kier molecular flexibility index (Phi) is 6.27. The molecule has 0 aliphatic carbocycles. The summed E-state index contributed by atoms with van der Waals surface area (Å²) in [6, 6.07) is 5.49. The number of benzene rings is 1. The molecular weight excluding hydrogens is 387 g/mol. The average Bonchev–Trinajstić information content (AvgIpc) is 3.41. The van der Waals surface area contributed by atoms with Crippen LogP contribution < -0.4 is 16.0 Å². The van der Waals surface area contributed by atoms with E-state index in [4.69, 9.17) is 0 Å². The van der Waals surface area contributed by atoms with Crippen molar-refractivity contribution in [1.82, 2.24) is 25.5 Å². The fraction of sp³-hybridized carbons (Fsp3) is 0.476. The van der Waals surface area contributed by atoms with E-state index in [1.54, 1.807) is 12.4 Å². The lowest BCUT2D eigenvalue weighted by Gasteiger charge is -2.35. The predicted molar refractivity (Wildman–Crippen MR) is 110 cm³/mol. The van der Waals surface area contributed by atoms with E-state index in [0.29, 0.717) is 31.4 Å². The molecule has 1 aromatic carbocycles. The molecule has 4 N–H and O–H groups in total. The summed E-state index contributed by atoms with van der Waals surface area (Å²) in [5, 5.41) is 8.76. The summed E-state index contributed by atoms with van der Waals surface area (Å²) in [6.45, 7) is 2.08. The number of urea groups is 1. The van der Waals surface area contributed by atoms with Gasteiger partial charge in [0.25, 0.3) is 0 Å². The molecule has 2 saturated heterocycles. The third-order valence-corrected chi connectivity index (χ3v) is 5.80. The molecule has 2 aliphatic heterocycles. The molecular formula is C21H27FN6O2. The number of imidazole rings is 1. The second-order valence-corrected chi connectivity index (χ2v) is 7.99. The van der Waals surface area contributed by atoms with Crippen LogP contribution in [0, 0.1) is 11.7 Å². The Morgan fingerprint density at radius 1 is 1.23 bits per heavy atom. The van der Waals surface area contributed by atoms with Crippen LogP contribution in [0.25, 0.3) is 0 Å². The third kappa shape index (κ3) is 4.96. The molecule has 3 unspecified atom stereocenters. The lowest BCUT2D eigenvalue weighted by atomic mass is 9.90. The molecule has 2 aliphatic rings. The molecule has 0 saturated carbocycles. The fourth-order valence-corrected chi connectivity index (χ4v) is 4.35. The van der Waals surface area contributed by atoms with Crippen molar-refractivity contribution >= 4 is 17.9 Å². The van der Waals surface area contributed by atoms with E-state index in [9.17, 15) is 14.0 Å². The highest BCUT2D eigenvalue weighted by atomic mass is 19.1. The van der Waals surface area contributed by atoms with Gasteiger partial charge in [-0.3, -0.25) is 10.1 Å². The van der Waals surface area contributed by atoms with E-state index in [1.807, 2.05) is 17.0 Å². The highest BCUT2D eigenvalue weighted by Crippen LogP contribution is 2.23. The number of piperidine rings is 1. The van der Waals surface area contributed by atoms with Crippen LogP contribution >= 0.6 is 0 Å². The van der Waals surface area contributed by atoms with E-state index < -0.39 is 6.04 Å². The number of hydrogen-bond acceptors (Lipinski definition) is 4. The zero-order chi connectivity index (χ0) is 20.9. The largest absolute Gasteiger partial charge is 0.341 e. The molecule has 30 heavy (non-hydrogen) atoms. The first kappa shape index (κ1) is 20.3. The highest BCUT2D eigenvalue weighted by Gasteiger charge is 2.37. The number of H-pyrrole nitrogens is 1. The maximum Gasteiger partial charge on any atom is 0.321 e. The Balaban J connectivity index is 1.32. The SMILES string of the molecule is O=C(Nc1ncc[nH]1)NC1CCNC1C(=O)N1CCCC(Cc2ccc(F)cc2)C1. The normalized spacial score (nSPS) is 23.9. The van der Waals surface area contributed by atoms with Gasteiger partial charge in [0, 0.05) is 25.5 Å². The zero-order valence-electron chi connectivity index (χ0n) is 16.7. The summed E-state index contributed by atoms with van der Waals surface area (Å²) < 4.78 is 13.1. The molecule has 8 nitrogen and oxygen atoms in total. The van der Waals surface area contributed by atoms with Crippen LogP contribution in [0.2, 0.25) is 0 Å². The molecule has 2 aromatic rings. The first-order chi connectivity index (χ1) is 14.6. The minimum absolute atomic E-state index is 0.0274. The van der Waals surface area contributed by atoms with Crippen LogP contribution in [0.3, 0.4) is 0 Å².